The van der Waals surface area contributed by atoms with Gasteiger partial charge in [-0.1, -0.05) is 23.2 Å². The van der Waals surface area contributed by atoms with Crippen LogP contribution >= 0.6 is 35.0 Å². The SMILES string of the molecule is CC(C)(C)OC(=O)CCSc1[nH]c2ccc(Cl)cc2c1Cl. The average molecular weight is 346 g/mol. The van der Waals surface area contributed by atoms with Gasteiger partial charge in [0.15, 0.2) is 0 Å². The first-order valence-corrected chi connectivity index (χ1v) is 8.32. The molecule has 0 saturated heterocycles. The second-order valence-electron chi connectivity index (χ2n) is 5.64. The van der Waals surface area contributed by atoms with Gasteiger partial charge >= 0.3 is 5.97 Å². The number of aromatic nitrogens is 1. The van der Waals surface area contributed by atoms with Crippen molar-refractivity contribution in [2.24, 2.45) is 0 Å². The minimum atomic E-state index is -0.447. The van der Waals surface area contributed by atoms with Crippen LogP contribution in [0.15, 0.2) is 23.2 Å². The zero-order chi connectivity index (χ0) is 15.6. The molecule has 2 aromatic rings. The molecular weight excluding hydrogens is 329 g/mol. The fourth-order valence-corrected chi connectivity index (χ4v) is 3.27. The fraction of sp³-hybridized carbons (Fsp3) is 0.400. The molecule has 0 radical (unpaired) electrons. The van der Waals surface area contributed by atoms with E-state index >= 15 is 0 Å². The Hall–Kier alpha value is -0.840. The Bertz CT molecular complexity index is 661. The molecule has 0 aliphatic carbocycles. The van der Waals surface area contributed by atoms with Crippen molar-refractivity contribution in [3.63, 3.8) is 0 Å². The highest BCUT2D eigenvalue weighted by Crippen LogP contribution is 2.35. The Morgan fingerprint density at radius 3 is 2.71 bits per heavy atom. The number of thioether (sulfide) groups is 1. The van der Waals surface area contributed by atoms with Gasteiger partial charge in [-0.3, -0.25) is 4.79 Å². The van der Waals surface area contributed by atoms with Gasteiger partial charge in [0.1, 0.15) is 5.60 Å². The number of nitrogens with one attached hydrogen (secondary N) is 1. The van der Waals surface area contributed by atoms with E-state index < -0.39 is 5.60 Å². The molecule has 0 aliphatic rings. The average Bonchev–Trinajstić information content (AvgIpc) is 2.65. The van der Waals surface area contributed by atoms with Crippen LogP contribution in [0.4, 0.5) is 0 Å². The number of H-pyrrole nitrogens is 1. The standard InChI is InChI=1S/C15H17Cl2NO2S/c1-15(2,3)20-12(19)6-7-21-14-13(17)10-8-9(16)4-5-11(10)18-14/h4-5,8,18H,6-7H2,1-3H3. The first-order valence-electron chi connectivity index (χ1n) is 6.57. The van der Waals surface area contributed by atoms with Crippen LogP contribution in [0.5, 0.6) is 0 Å². The van der Waals surface area contributed by atoms with Crippen LogP contribution < -0.4 is 0 Å². The molecule has 21 heavy (non-hydrogen) atoms. The quantitative estimate of drug-likeness (QED) is 0.603. The Balaban J connectivity index is 1.98. The van der Waals surface area contributed by atoms with Gasteiger partial charge in [-0.25, -0.2) is 0 Å². The van der Waals surface area contributed by atoms with E-state index in [4.69, 9.17) is 27.9 Å². The fourth-order valence-electron chi connectivity index (χ4n) is 1.83. The Kier molecular flexibility index (Phi) is 5.12. The molecule has 0 saturated carbocycles. The van der Waals surface area contributed by atoms with E-state index in [1.807, 2.05) is 39.0 Å². The van der Waals surface area contributed by atoms with Gasteiger partial charge in [0.25, 0.3) is 0 Å². The van der Waals surface area contributed by atoms with Crippen molar-refractivity contribution in [1.82, 2.24) is 4.98 Å². The Labute approximate surface area is 138 Å². The maximum Gasteiger partial charge on any atom is 0.307 e. The van der Waals surface area contributed by atoms with Crippen LogP contribution in [0.2, 0.25) is 10.0 Å². The number of carbonyl (C=O) groups is 1. The normalized spacial score (nSPS) is 11.9. The molecule has 0 aliphatic heterocycles. The highest BCUT2D eigenvalue weighted by Gasteiger charge is 2.16. The molecule has 0 bridgehead atoms. The molecule has 1 N–H and O–H groups in total. The van der Waals surface area contributed by atoms with Crippen molar-refractivity contribution in [3.05, 3.63) is 28.2 Å². The molecule has 1 aromatic carbocycles. The lowest BCUT2D eigenvalue weighted by Gasteiger charge is -2.19. The molecule has 0 unspecified atom stereocenters. The molecular formula is C15H17Cl2NO2S. The second-order valence-corrected chi connectivity index (χ2v) is 7.56. The van der Waals surface area contributed by atoms with Gasteiger partial charge in [-0.2, -0.15) is 0 Å². The third-order valence-corrected chi connectivity index (χ3v) is 4.38. The molecule has 2 rings (SSSR count). The topological polar surface area (TPSA) is 42.1 Å². The smallest absolute Gasteiger partial charge is 0.307 e. The van der Waals surface area contributed by atoms with Crippen LogP contribution in [0.25, 0.3) is 10.9 Å². The number of fused-ring (bicyclic) bond motifs is 1. The van der Waals surface area contributed by atoms with Gasteiger partial charge < -0.3 is 9.72 Å². The predicted molar refractivity (Wildman–Crippen MR) is 89.5 cm³/mol. The maximum absolute atomic E-state index is 11.7. The Morgan fingerprint density at radius 2 is 2.05 bits per heavy atom. The van der Waals surface area contributed by atoms with E-state index in [0.717, 1.165) is 15.9 Å². The lowest BCUT2D eigenvalue weighted by molar-refractivity contribution is -0.154. The lowest BCUT2D eigenvalue weighted by Crippen LogP contribution is -2.23. The van der Waals surface area contributed by atoms with Gasteiger partial charge in [0, 0.05) is 21.7 Å². The number of esters is 1. The molecule has 0 fully saturated rings. The van der Waals surface area contributed by atoms with E-state index in [-0.39, 0.29) is 5.97 Å². The third-order valence-electron chi connectivity index (χ3n) is 2.64. The van der Waals surface area contributed by atoms with Gasteiger partial charge in [-0.15, -0.1) is 11.8 Å². The van der Waals surface area contributed by atoms with E-state index in [1.54, 1.807) is 0 Å². The number of aromatic amines is 1. The summed E-state index contributed by atoms with van der Waals surface area (Å²) in [7, 11) is 0. The highest BCUT2D eigenvalue weighted by molar-refractivity contribution is 7.99. The number of halogens is 2. The van der Waals surface area contributed by atoms with E-state index in [2.05, 4.69) is 4.98 Å². The number of ether oxygens (including phenoxy) is 1. The zero-order valence-corrected chi connectivity index (χ0v) is 14.5. The summed E-state index contributed by atoms with van der Waals surface area (Å²) in [6.45, 7) is 5.57. The number of carbonyl (C=O) groups excluding carboxylic acids is 1. The van der Waals surface area contributed by atoms with Crippen molar-refractivity contribution in [1.29, 1.82) is 0 Å². The molecule has 6 heteroatoms. The van der Waals surface area contributed by atoms with Crippen molar-refractivity contribution in [2.45, 2.75) is 37.8 Å². The summed E-state index contributed by atoms with van der Waals surface area (Å²) in [5.74, 6) is 0.403. The molecule has 3 nitrogen and oxygen atoms in total. The summed E-state index contributed by atoms with van der Waals surface area (Å²) in [5, 5.41) is 3.02. The summed E-state index contributed by atoms with van der Waals surface area (Å²) in [4.78, 5) is 14.9. The largest absolute Gasteiger partial charge is 0.460 e. The van der Waals surface area contributed by atoms with E-state index in [9.17, 15) is 4.79 Å². The number of hydrogen-bond donors (Lipinski definition) is 1. The van der Waals surface area contributed by atoms with Crippen LogP contribution in [-0.4, -0.2) is 22.3 Å². The van der Waals surface area contributed by atoms with Crippen LogP contribution in [0.3, 0.4) is 0 Å². The van der Waals surface area contributed by atoms with Gasteiger partial charge in [0.2, 0.25) is 0 Å². The molecule has 0 spiro atoms. The van der Waals surface area contributed by atoms with Crippen molar-refractivity contribution in [2.75, 3.05) is 5.75 Å². The summed E-state index contributed by atoms with van der Waals surface area (Å²) in [6, 6.07) is 5.53. The molecule has 114 valence electrons. The van der Waals surface area contributed by atoms with Crippen molar-refractivity contribution < 1.29 is 9.53 Å². The number of benzene rings is 1. The molecule has 0 atom stereocenters. The van der Waals surface area contributed by atoms with E-state index in [1.165, 1.54) is 11.8 Å². The Morgan fingerprint density at radius 1 is 1.33 bits per heavy atom. The lowest BCUT2D eigenvalue weighted by atomic mass is 10.2. The minimum absolute atomic E-state index is 0.203. The van der Waals surface area contributed by atoms with Crippen LogP contribution in [0.1, 0.15) is 27.2 Å². The van der Waals surface area contributed by atoms with Crippen molar-refractivity contribution in [3.8, 4) is 0 Å². The van der Waals surface area contributed by atoms with Crippen molar-refractivity contribution >= 4 is 51.8 Å². The third kappa shape index (κ3) is 4.56. The predicted octanol–water partition coefficient (Wildman–Crippen LogP) is 5.30. The second kappa shape index (κ2) is 6.51. The number of rotatable bonds is 4. The van der Waals surface area contributed by atoms with Crippen LogP contribution in [-0.2, 0) is 9.53 Å². The summed E-state index contributed by atoms with van der Waals surface area (Å²) in [6.07, 6.45) is 0.342. The summed E-state index contributed by atoms with van der Waals surface area (Å²) in [5.41, 5.74) is 0.487. The monoisotopic (exact) mass is 345 g/mol. The van der Waals surface area contributed by atoms with Crippen LogP contribution in [0, 0.1) is 0 Å². The summed E-state index contributed by atoms with van der Waals surface area (Å²) < 4.78 is 5.27. The van der Waals surface area contributed by atoms with Gasteiger partial charge in [0.05, 0.1) is 16.5 Å². The molecule has 0 amide bonds. The maximum atomic E-state index is 11.7. The number of hydrogen-bond acceptors (Lipinski definition) is 3. The minimum Gasteiger partial charge on any atom is -0.460 e. The summed E-state index contributed by atoms with van der Waals surface area (Å²) >= 11 is 13.8. The molecule has 1 aromatic heterocycles. The molecule has 1 heterocycles. The van der Waals surface area contributed by atoms with E-state index in [0.29, 0.717) is 22.2 Å². The highest BCUT2D eigenvalue weighted by atomic mass is 35.5. The first-order chi connectivity index (χ1) is 9.76. The van der Waals surface area contributed by atoms with Gasteiger partial charge in [-0.05, 0) is 39.0 Å². The first kappa shape index (κ1) is 16.5. The zero-order valence-electron chi connectivity index (χ0n) is 12.1.